The molecule has 4 heteroatoms. The SMILES string of the molecule is O=C(NC[C@H](O)CNCC1CCCCCC1)C1c2ccccc2-c2ccccc21. The predicted octanol–water partition coefficient (Wildman–Crippen LogP) is 3.84. The van der Waals surface area contributed by atoms with E-state index in [9.17, 15) is 9.90 Å². The monoisotopic (exact) mass is 392 g/mol. The highest BCUT2D eigenvalue weighted by Gasteiger charge is 2.33. The number of amides is 1. The van der Waals surface area contributed by atoms with Gasteiger partial charge in [0.15, 0.2) is 0 Å². The van der Waals surface area contributed by atoms with Crippen molar-refractivity contribution in [3.05, 3.63) is 59.7 Å². The van der Waals surface area contributed by atoms with Crippen molar-refractivity contribution in [1.29, 1.82) is 0 Å². The Morgan fingerprint density at radius 2 is 1.48 bits per heavy atom. The van der Waals surface area contributed by atoms with Crippen LogP contribution in [0.5, 0.6) is 0 Å². The molecule has 0 spiro atoms. The summed E-state index contributed by atoms with van der Waals surface area (Å²) in [6.45, 7) is 1.76. The van der Waals surface area contributed by atoms with Crippen LogP contribution in [0.3, 0.4) is 0 Å². The highest BCUT2D eigenvalue weighted by Crippen LogP contribution is 2.44. The van der Waals surface area contributed by atoms with Gasteiger partial charge in [-0.3, -0.25) is 4.79 Å². The van der Waals surface area contributed by atoms with E-state index < -0.39 is 6.10 Å². The number of carbonyl (C=O) groups is 1. The Hall–Kier alpha value is -2.17. The summed E-state index contributed by atoms with van der Waals surface area (Å²) in [5, 5.41) is 16.7. The molecule has 1 saturated carbocycles. The molecule has 0 unspecified atom stereocenters. The van der Waals surface area contributed by atoms with Crippen molar-refractivity contribution in [2.75, 3.05) is 19.6 Å². The van der Waals surface area contributed by atoms with Gasteiger partial charge in [0, 0.05) is 13.1 Å². The maximum atomic E-state index is 13.0. The van der Waals surface area contributed by atoms with Crippen molar-refractivity contribution in [1.82, 2.24) is 10.6 Å². The van der Waals surface area contributed by atoms with Gasteiger partial charge < -0.3 is 15.7 Å². The molecule has 2 aromatic rings. The number of nitrogens with one attached hydrogen (secondary N) is 2. The van der Waals surface area contributed by atoms with Crippen molar-refractivity contribution in [3.63, 3.8) is 0 Å². The zero-order chi connectivity index (χ0) is 20.1. The first-order valence-corrected chi connectivity index (χ1v) is 11.1. The fourth-order valence-electron chi connectivity index (χ4n) is 4.85. The lowest BCUT2D eigenvalue weighted by Crippen LogP contribution is -2.40. The second-order valence-corrected chi connectivity index (χ2v) is 8.52. The summed E-state index contributed by atoms with van der Waals surface area (Å²) in [5.74, 6) is 0.393. The Morgan fingerprint density at radius 1 is 0.897 bits per heavy atom. The van der Waals surface area contributed by atoms with Crippen LogP contribution in [-0.2, 0) is 4.79 Å². The molecule has 29 heavy (non-hydrogen) atoms. The molecule has 0 saturated heterocycles. The molecular weight excluding hydrogens is 360 g/mol. The van der Waals surface area contributed by atoms with Crippen molar-refractivity contribution in [2.45, 2.75) is 50.5 Å². The Bertz CT molecular complexity index is 782. The van der Waals surface area contributed by atoms with Crippen LogP contribution in [-0.4, -0.2) is 36.8 Å². The molecule has 2 aliphatic carbocycles. The lowest BCUT2D eigenvalue weighted by Gasteiger charge is -2.19. The molecular formula is C25H32N2O2. The molecule has 1 atom stereocenters. The average molecular weight is 393 g/mol. The fourth-order valence-corrected chi connectivity index (χ4v) is 4.85. The van der Waals surface area contributed by atoms with Crippen LogP contribution in [0.4, 0.5) is 0 Å². The van der Waals surface area contributed by atoms with Crippen LogP contribution >= 0.6 is 0 Å². The third-order valence-electron chi connectivity index (χ3n) is 6.40. The van der Waals surface area contributed by atoms with Gasteiger partial charge in [-0.2, -0.15) is 0 Å². The van der Waals surface area contributed by atoms with Crippen molar-refractivity contribution in [3.8, 4) is 11.1 Å². The predicted molar refractivity (Wildman–Crippen MR) is 117 cm³/mol. The molecule has 154 valence electrons. The summed E-state index contributed by atoms with van der Waals surface area (Å²) in [4.78, 5) is 13.0. The summed E-state index contributed by atoms with van der Waals surface area (Å²) < 4.78 is 0. The molecule has 0 bridgehead atoms. The zero-order valence-corrected chi connectivity index (χ0v) is 17.1. The van der Waals surface area contributed by atoms with Gasteiger partial charge in [-0.15, -0.1) is 0 Å². The Labute approximate surface area is 173 Å². The molecule has 0 heterocycles. The molecule has 0 aromatic heterocycles. The maximum absolute atomic E-state index is 13.0. The number of benzene rings is 2. The summed E-state index contributed by atoms with van der Waals surface area (Å²) in [5.41, 5.74) is 4.36. The molecule has 1 amide bonds. The largest absolute Gasteiger partial charge is 0.390 e. The first kappa shape index (κ1) is 20.1. The van der Waals surface area contributed by atoms with E-state index in [1.165, 1.54) is 38.5 Å². The van der Waals surface area contributed by atoms with Gasteiger partial charge >= 0.3 is 0 Å². The summed E-state index contributed by atoms with van der Waals surface area (Å²) in [7, 11) is 0. The third-order valence-corrected chi connectivity index (χ3v) is 6.40. The summed E-state index contributed by atoms with van der Waals surface area (Å²) in [6.07, 6.45) is 7.39. The van der Waals surface area contributed by atoms with Gasteiger partial charge in [-0.1, -0.05) is 74.2 Å². The number of aliphatic hydroxyl groups excluding tert-OH is 1. The molecule has 2 aromatic carbocycles. The third kappa shape index (κ3) is 4.71. The van der Waals surface area contributed by atoms with Crippen LogP contribution in [0.1, 0.15) is 55.6 Å². The van der Waals surface area contributed by atoms with E-state index in [4.69, 9.17) is 0 Å². The minimum atomic E-state index is -0.573. The lowest BCUT2D eigenvalue weighted by molar-refractivity contribution is -0.122. The van der Waals surface area contributed by atoms with Crippen LogP contribution in [0.2, 0.25) is 0 Å². The zero-order valence-electron chi connectivity index (χ0n) is 17.1. The number of fused-ring (bicyclic) bond motifs is 3. The minimum Gasteiger partial charge on any atom is -0.390 e. The second-order valence-electron chi connectivity index (χ2n) is 8.52. The fraction of sp³-hybridized carbons (Fsp3) is 0.480. The minimum absolute atomic E-state index is 0.0368. The van der Waals surface area contributed by atoms with E-state index in [2.05, 4.69) is 22.8 Å². The van der Waals surface area contributed by atoms with Crippen LogP contribution in [0, 0.1) is 5.92 Å². The Morgan fingerprint density at radius 3 is 2.10 bits per heavy atom. The summed E-state index contributed by atoms with van der Waals surface area (Å²) >= 11 is 0. The lowest BCUT2D eigenvalue weighted by atomic mass is 9.96. The van der Waals surface area contributed by atoms with Gasteiger partial charge in [0.05, 0.1) is 12.0 Å². The van der Waals surface area contributed by atoms with Crippen LogP contribution in [0.25, 0.3) is 11.1 Å². The molecule has 1 fully saturated rings. The van der Waals surface area contributed by atoms with E-state index in [1.807, 2.05) is 36.4 Å². The quantitative estimate of drug-likeness (QED) is 0.628. The topological polar surface area (TPSA) is 61.4 Å². The van der Waals surface area contributed by atoms with E-state index in [0.717, 1.165) is 34.7 Å². The molecule has 2 aliphatic rings. The number of carbonyl (C=O) groups excluding carboxylic acids is 1. The maximum Gasteiger partial charge on any atom is 0.232 e. The van der Waals surface area contributed by atoms with Crippen LogP contribution in [0.15, 0.2) is 48.5 Å². The first-order valence-electron chi connectivity index (χ1n) is 11.1. The van der Waals surface area contributed by atoms with E-state index >= 15 is 0 Å². The number of rotatable bonds is 7. The normalized spacial score (nSPS) is 18.0. The van der Waals surface area contributed by atoms with Crippen molar-refractivity contribution < 1.29 is 9.90 Å². The van der Waals surface area contributed by atoms with Gasteiger partial charge in [-0.25, -0.2) is 0 Å². The van der Waals surface area contributed by atoms with Crippen molar-refractivity contribution >= 4 is 5.91 Å². The van der Waals surface area contributed by atoms with E-state index in [0.29, 0.717) is 6.54 Å². The van der Waals surface area contributed by atoms with Crippen molar-refractivity contribution in [2.24, 2.45) is 5.92 Å². The number of aliphatic hydroxyl groups is 1. The first-order chi connectivity index (χ1) is 14.2. The highest BCUT2D eigenvalue weighted by atomic mass is 16.3. The highest BCUT2D eigenvalue weighted by molar-refractivity contribution is 5.96. The van der Waals surface area contributed by atoms with E-state index in [-0.39, 0.29) is 18.4 Å². The average Bonchev–Trinajstić information content (AvgIpc) is 2.87. The van der Waals surface area contributed by atoms with E-state index in [1.54, 1.807) is 0 Å². The molecule has 3 N–H and O–H groups in total. The van der Waals surface area contributed by atoms with Gasteiger partial charge in [0.25, 0.3) is 0 Å². The standard InChI is InChI=1S/C25H32N2O2/c28-19(16-26-15-18-9-3-1-2-4-10-18)17-27-25(29)24-22-13-7-5-11-20(22)21-12-6-8-14-23(21)24/h5-8,11-14,18-19,24,26,28H,1-4,9-10,15-17H2,(H,27,29)/t19-/m1/s1. The Balaban J connectivity index is 1.29. The van der Waals surface area contributed by atoms with Gasteiger partial charge in [0.1, 0.15) is 0 Å². The second kappa shape index (κ2) is 9.55. The molecule has 0 aliphatic heterocycles. The summed E-state index contributed by atoms with van der Waals surface area (Å²) in [6, 6.07) is 16.2. The van der Waals surface area contributed by atoms with Gasteiger partial charge in [0.2, 0.25) is 5.91 Å². The van der Waals surface area contributed by atoms with Crippen LogP contribution < -0.4 is 10.6 Å². The molecule has 0 radical (unpaired) electrons. The van der Waals surface area contributed by atoms with Gasteiger partial charge in [-0.05, 0) is 47.6 Å². The molecule has 4 rings (SSSR count). The molecule has 4 nitrogen and oxygen atoms in total. The Kier molecular flexibility index (Phi) is 6.63. The number of hydrogen-bond acceptors (Lipinski definition) is 3. The number of hydrogen-bond donors (Lipinski definition) is 3. The smallest absolute Gasteiger partial charge is 0.232 e.